The lowest BCUT2D eigenvalue weighted by Gasteiger charge is -2.31. The molecule has 22 heavy (non-hydrogen) atoms. The normalized spacial score (nSPS) is 19.4. The van der Waals surface area contributed by atoms with E-state index in [9.17, 15) is 4.79 Å². The number of hydrogen-bond acceptors (Lipinski definition) is 4. The first-order valence-electron chi connectivity index (χ1n) is 8.02. The highest BCUT2D eigenvalue weighted by molar-refractivity contribution is 5.81. The van der Waals surface area contributed by atoms with Crippen LogP contribution < -0.4 is 5.32 Å². The number of nitrogens with one attached hydrogen (secondary N) is 1. The zero-order valence-electron chi connectivity index (χ0n) is 13.0. The number of likely N-dealkylation sites (N-methyl/N-ethyl adjacent to an activating group) is 1. The number of likely N-dealkylation sites (tertiary alicyclic amines) is 1. The van der Waals surface area contributed by atoms with Crippen molar-refractivity contribution in [2.24, 2.45) is 0 Å². The van der Waals surface area contributed by atoms with Crippen LogP contribution in [0.4, 0.5) is 0 Å². The summed E-state index contributed by atoms with van der Waals surface area (Å²) < 4.78 is 1.90. The molecule has 1 fully saturated rings. The van der Waals surface area contributed by atoms with Gasteiger partial charge in [-0.1, -0.05) is 23.8 Å². The highest BCUT2D eigenvalue weighted by atomic mass is 16.2. The molecular weight excluding hydrogens is 278 g/mol. The number of hydrogen-bond donors (Lipinski definition) is 1. The van der Waals surface area contributed by atoms with Gasteiger partial charge in [0.25, 0.3) is 0 Å². The molecule has 1 saturated heterocycles. The third kappa shape index (κ3) is 3.27. The Morgan fingerprint density at radius 1 is 1.36 bits per heavy atom. The smallest absolute Gasteiger partial charge is 0.237 e. The first-order chi connectivity index (χ1) is 10.8. The van der Waals surface area contributed by atoms with Crippen LogP contribution in [0, 0.1) is 0 Å². The molecule has 0 bridgehead atoms. The van der Waals surface area contributed by atoms with E-state index in [1.807, 2.05) is 36.0 Å². The lowest BCUT2D eigenvalue weighted by atomic mass is 10.0. The SMILES string of the molecule is CN1CCCC[C@@H]1C(=O)NCCCn1nnc2ccccc21. The highest BCUT2D eigenvalue weighted by Crippen LogP contribution is 2.15. The molecule has 6 nitrogen and oxygen atoms in total. The number of rotatable bonds is 5. The predicted octanol–water partition coefficient (Wildman–Crippen LogP) is 1.42. The number of para-hydroxylation sites is 1. The standard InChI is InChI=1S/C16H23N5O/c1-20-11-5-4-9-15(20)16(22)17-10-6-12-21-14-8-3-2-7-13(14)18-19-21/h2-3,7-8,15H,4-6,9-12H2,1H3,(H,17,22)/t15-/m1/s1. The van der Waals surface area contributed by atoms with E-state index >= 15 is 0 Å². The monoisotopic (exact) mass is 301 g/mol. The third-order valence-electron chi connectivity index (χ3n) is 4.34. The van der Waals surface area contributed by atoms with Crippen molar-refractivity contribution in [3.63, 3.8) is 0 Å². The van der Waals surface area contributed by atoms with Crippen LogP contribution in [0.1, 0.15) is 25.7 Å². The van der Waals surface area contributed by atoms with Crippen molar-refractivity contribution in [3.8, 4) is 0 Å². The molecule has 3 rings (SSSR count). The van der Waals surface area contributed by atoms with Gasteiger partial charge < -0.3 is 5.32 Å². The van der Waals surface area contributed by atoms with Crippen molar-refractivity contribution in [1.82, 2.24) is 25.2 Å². The van der Waals surface area contributed by atoms with Gasteiger partial charge in [0.2, 0.25) is 5.91 Å². The number of aromatic nitrogens is 3. The molecule has 0 saturated carbocycles. The van der Waals surface area contributed by atoms with Crippen molar-refractivity contribution in [2.45, 2.75) is 38.3 Å². The summed E-state index contributed by atoms with van der Waals surface area (Å²) in [4.78, 5) is 14.4. The van der Waals surface area contributed by atoms with Crippen LogP contribution in [0.25, 0.3) is 11.0 Å². The minimum atomic E-state index is 0.0425. The van der Waals surface area contributed by atoms with Crippen LogP contribution in [-0.4, -0.2) is 52.0 Å². The van der Waals surface area contributed by atoms with Gasteiger partial charge in [-0.05, 0) is 45.0 Å². The van der Waals surface area contributed by atoms with E-state index in [0.29, 0.717) is 6.54 Å². The van der Waals surface area contributed by atoms with Crippen LogP contribution in [0.15, 0.2) is 24.3 Å². The minimum Gasteiger partial charge on any atom is -0.355 e. The van der Waals surface area contributed by atoms with Crippen molar-refractivity contribution in [3.05, 3.63) is 24.3 Å². The largest absolute Gasteiger partial charge is 0.355 e. The molecule has 0 aliphatic carbocycles. The fourth-order valence-corrected chi connectivity index (χ4v) is 3.05. The molecule has 0 unspecified atom stereocenters. The predicted molar refractivity (Wildman–Crippen MR) is 85.4 cm³/mol. The lowest BCUT2D eigenvalue weighted by molar-refractivity contribution is -0.127. The maximum absolute atomic E-state index is 12.2. The second kappa shape index (κ2) is 6.87. The molecule has 1 amide bonds. The van der Waals surface area contributed by atoms with E-state index in [2.05, 4.69) is 20.5 Å². The van der Waals surface area contributed by atoms with E-state index in [1.165, 1.54) is 6.42 Å². The maximum atomic E-state index is 12.2. The first kappa shape index (κ1) is 15.0. The van der Waals surface area contributed by atoms with Crippen LogP contribution in [0.5, 0.6) is 0 Å². The summed E-state index contributed by atoms with van der Waals surface area (Å²) in [5.74, 6) is 0.158. The molecule has 118 valence electrons. The van der Waals surface area contributed by atoms with Crippen molar-refractivity contribution in [1.29, 1.82) is 0 Å². The molecule has 1 aliphatic heterocycles. The molecule has 6 heteroatoms. The molecule has 0 spiro atoms. The average molecular weight is 301 g/mol. The molecule has 1 aromatic carbocycles. The topological polar surface area (TPSA) is 63.1 Å². The van der Waals surface area contributed by atoms with Crippen molar-refractivity contribution < 1.29 is 4.79 Å². The van der Waals surface area contributed by atoms with Gasteiger partial charge in [-0.3, -0.25) is 9.69 Å². The van der Waals surface area contributed by atoms with Gasteiger partial charge in [-0.25, -0.2) is 4.68 Å². The van der Waals surface area contributed by atoms with Gasteiger partial charge >= 0.3 is 0 Å². The molecule has 1 aliphatic rings. The van der Waals surface area contributed by atoms with Gasteiger partial charge in [0, 0.05) is 13.1 Å². The van der Waals surface area contributed by atoms with Gasteiger partial charge in [0.1, 0.15) is 5.52 Å². The van der Waals surface area contributed by atoms with Crippen molar-refractivity contribution >= 4 is 16.9 Å². The van der Waals surface area contributed by atoms with Gasteiger partial charge in [0.15, 0.2) is 0 Å². The van der Waals surface area contributed by atoms with Gasteiger partial charge in [-0.15, -0.1) is 5.10 Å². The van der Waals surface area contributed by atoms with E-state index < -0.39 is 0 Å². The first-order valence-corrected chi connectivity index (χ1v) is 8.02. The number of amides is 1. The summed E-state index contributed by atoms with van der Waals surface area (Å²) in [6, 6.07) is 7.97. The second-order valence-electron chi connectivity index (χ2n) is 5.94. The second-order valence-corrected chi connectivity index (χ2v) is 5.94. The molecule has 0 radical (unpaired) electrons. The lowest BCUT2D eigenvalue weighted by Crippen LogP contribution is -2.47. The summed E-state index contributed by atoms with van der Waals surface area (Å²) in [7, 11) is 2.03. The van der Waals surface area contributed by atoms with Gasteiger partial charge in [-0.2, -0.15) is 0 Å². The number of carbonyl (C=O) groups excluding carboxylic acids is 1. The van der Waals surface area contributed by atoms with Crippen LogP contribution in [0.3, 0.4) is 0 Å². The number of piperidine rings is 1. The van der Waals surface area contributed by atoms with E-state index in [-0.39, 0.29) is 11.9 Å². The third-order valence-corrected chi connectivity index (χ3v) is 4.34. The zero-order chi connectivity index (χ0) is 15.4. The molecule has 1 aromatic heterocycles. The summed E-state index contributed by atoms with van der Waals surface area (Å²) in [5, 5.41) is 11.3. The Labute approximate surface area is 130 Å². The Balaban J connectivity index is 1.46. The van der Waals surface area contributed by atoms with E-state index in [4.69, 9.17) is 0 Å². The fourth-order valence-electron chi connectivity index (χ4n) is 3.05. The number of fused-ring (bicyclic) bond motifs is 1. The quantitative estimate of drug-likeness (QED) is 0.849. The summed E-state index contributed by atoms with van der Waals surface area (Å²) in [6.07, 6.45) is 4.17. The molecular formula is C16H23N5O. The maximum Gasteiger partial charge on any atom is 0.237 e. The Kier molecular flexibility index (Phi) is 4.68. The Bertz CT molecular complexity index is 638. The van der Waals surface area contributed by atoms with E-state index in [1.54, 1.807) is 0 Å². The van der Waals surface area contributed by atoms with Crippen LogP contribution in [-0.2, 0) is 11.3 Å². The molecule has 1 N–H and O–H groups in total. The van der Waals surface area contributed by atoms with Crippen molar-refractivity contribution in [2.75, 3.05) is 20.1 Å². The zero-order valence-corrected chi connectivity index (χ0v) is 13.0. The van der Waals surface area contributed by atoms with E-state index in [0.717, 1.165) is 43.4 Å². The highest BCUT2D eigenvalue weighted by Gasteiger charge is 2.25. The number of aryl methyl sites for hydroxylation is 1. The summed E-state index contributed by atoms with van der Waals surface area (Å²) >= 11 is 0. The number of benzene rings is 1. The Hall–Kier alpha value is -1.95. The molecule has 2 aromatic rings. The summed E-state index contributed by atoms with van der Waals surface area (Å²) in [6.45, 7) is 2.46. The molecule has 2 heterocycles. The van der Waals surface area contributed by atoms with Crippen LogP contribution >= 0.6 is 0 Å². The van der Waals surface area contributed by atoms with Crippen LogP contribution in [0.2, 0.25) is 0 Å². The fraction of sp³-hybridized carbons (Fsp3) is 0.562. The number of carbonyl (C=O) groups is 1. The summed E-state index contributed by atoms with van der Waals surface area (Å²) in [5.41, 5.74) is 1.95. The Morgan fingerprint density at radius 2 is 2.23 bits per heavy atom. The molecule has 1 atom stereocenters. The number of nitrogens with zero attached hydrogens (tertiary/aromatic N) is 4. The average Bonchev–Trinajstić information content (AvgIpc) is 2.95. The Morgan fingerprint density at radius 3 is 3.09 bits per heavy atom. The van der Waals surface area contributed by atoms with Gasteiger partial charge in [0.05, 0.1) is 11.6 Å². The minimum absolute atomic E-state index is 0.0425.